The van der Waals surface area contributed by atoms with Gasteiger partial charge in [0.1, 0.15) is 0 Å². The number of rotatable bonds is 5. The van der Waals surface area contributed by atoms with Crippen LogP contribution < -0.4 is 16.6 Å². The molecule has 1 rings (SSSR count). The summed E-state index contributed by atoms with van der Waals surface area (Å²) in [7, 11) is 0. The zero-order valence-electron chi connectivity index (χ0n) is 9.79. The van der Waals surface area contributed by atoms with Gasteiger partial charge in [-0.15, -0.1) is 0 Å². The van der Waals surface area contributed by atoms with Crippen LogP contribution in [0.2, 0.25) is 0 Å². The summed E-state index contributed by atoms with van der Waals surface area (Å²) in [5, 5.41) is 3.05. The highest BCUT2D eigenvalue weighted by Crippen LogP contribution is 2.16. The molecule has 6 heteroatoms. The van der Waals surface area contributed by atoms with Gasteiger partial charge in [-0.25, -0.2) is 15.2 Å². The molecule has 1 heterocycles. The SMILES string of the molecule is CCC(Nc1nc(NN)ncc1F)C(C)C. The van der Waals surface area contributed by atoms with Gasteiger partial charge in [0.2, 0.25) is 5.95 Å². The molecule has 0 spiro atoms. The Morgan fingerprint density at radius 3 is 2.69 bits per heavy atom. The van der Waals surface area contributed by atoms with Crippen LogP contribution in [-0.4, -0.2) is 16.0 Å². The molecule has 1 atom stereocenters. The summed E-state index contributed by atoms with van der Waals surface area (Å²) < 4.78 is 13.4. The summed E-state index contributed by atoms with van der Waals surface area (Å²) >= 11 is 0. The van der Waals surface area contributed by atoms with E-state index in [1.807, 2.05) is 6.92 Å². The zero-order valence-corrected chi connectivity index (χ0v) is 9.79. The molecule has 0 aliphatic rings. The van der Waals surface area contributed by atoms with Gasteiger partial charge >= 0.3 is 0 Å². The maximum absolute atomic E-state index is 13.4. The minimum atomic E-state index is -0.474. The third-order valence-corrected chi connectivity index (χ3v) is 2.44. The fourth-order valence-electron chi connectivity index (χ4n) is 1.45. The number of hydrazine groups is 1. The second kappa shape index (κ2) is 5.60. The van der Waals surface area contributed by atoms with Crippen molar-refractivity contribution in [3.8, 4) is 0 Å². The van der Waals surface area contributed by atoms with Crippen molar-refractivity contribution < 1.29 is 4.39 Å². The van der Waals surface area contributed by atoms with Crippen LogP contribution >= 0.6 is 0 Å². The van der Waals surface area contributed by atoms with E-state index in [9.17, 15) is 4.39 Å². The van der Waals surface area contributed by atoms with Gasteiger partial charge in [-0.3, -0.25) is 5.43 Å². The zero-order chi connectivity index (χ0) is 12.1. The lowest BCUT2D eigenvalue weighted by Crippen LogP contribution is -2.26. The number of aromatic nitrogens is 2. The van der Waals surface area contributed by atoms with Crippen LogP contribution in [0.25, 0.3) is 0 Å². The number of hydrogen-bond donors (Lipinski definition) is 3. The van der Waals surface area contributed by atoms with Crippen LogP contribution in [0.5, 0.6) is 0 Å². The molecule has 0 amide bonds. The molecule has 0 bridgehead atoms. The summed E-state index contributed by atoms with van der Waals surface area (Å²) in [4.78, 5) is 7.60. The summed E-state index contributed by atoms with van der Waals surface area (Å²) in [6.07, 6.45) is 1.99. The Kier molecular flexibility index (Phi) is 4.42. The van der Waals surface area contributed by atoms with E-state index in [0.29, 0.717) is 5.92 Å². The van der Waals surface area contributed by atoms with Crippen LogP contribution in [0.4, 0.5) is 16.2 Å². The van der Waals surface area contributed by atoms with Crippen molar-refractivity contribution in [2.75, 3.05) is 10.7 Å². The first-order valence-corrected chi connectivity index (χ1v) is 5.34. The van der Waals surface area contributed by atoms with Gasteiger partial charge in [-0.05, 0) is 12.3 Å². The van der Waals surface area contributed by atoms with E-state index in [2.05, 4.69) is 34.6 Å². The van der Waals surface area contributed by atoms with E-state index in [1.54, 1.807) is 0 Å². The normalized spacial score (nSPS) is 12.6. The fourth-order valence-corrected chi connectivity index (χ4v) is 1.45. The Morgan fingerprint density at radius 2 is 2.19 bits per heavy atom. The highest BCUT2D eigenvalue weighted by atomic mass is 19.1. The van der Waals surface area contributed by atoms with E-state index in [0.717, 1.165) is 12.6 Å². The smallest absolute Gasteiger partial charge is 0.239 e. The van der Waals surface area contributed by atoms with E-state index < -0.39 is 5.82 Å². The summed E-state index contributed by atoms with van der Waals surface area (Å²) in [6, 6.07) is 0.176. The van der Waals surface area contributed by atoms with Gasteiger partial charge in [0.25, 0.3) is 0 Å². The van der Waals surface area contributed by atoms with Crippen LogP contribution in [0, 0.1) is 11.7 Å². The maximum Gasteiger partial charge on any atom is 0.239 e. The Hall–Kier alpha value is -1.43. The molecule has 1 aromatic rings. The predicted octanol–water partition coefficient (Wildman–Crippen LogP) is 1.75. The quantitative estimate of drug-likeness (QED) is 0.527. The number of hydrogen-bond acceptors (Lipinski definition) is 5. The van der Waals surface area contributed by atoms with E-state index in [-0.39, 0.29) is 17.8 Å². The van der Waals surface area contributed by atoms with Crippen molar-refractivity contribution >= 4 is 11.8 Å². The van der Waals surface area contributed by atoms with Crippen LogP contribution in [0.1, 0.15) is 27.2 Å². The van der Waals surface area contributed by atoms with E-state index >= 15 is 0 Å². The third kappa shape index (κ3) is 3.03. The molecule has 5 nitrogen and oxygen atoms in total. The standard InChI is InChI=1S/C10H18FN5/c1-4-8(6(2)3)14-9-7(11)5-13-10(15-9)16-12/h5-6,8H,4,12H2,1-3H3,(H2,13,14,15,16). The maximum atomic E-state index is 13.4. The van der Waals surface area contributed by atoms with Crippen molar-refractivity contribution in [1.29, 1.82) is 0 Å². The van der Waals surface area contributed by atoms with Gasteiger partial charge in [-0.1, -0.05) is 20.8 Å². The molecule has 0 saturated heterocycles. The average Bonchev–Trinajstić information content (AvgIpc) is 2.27. The number of anilines is 2. The Bertz CT molecular complexity index is 342. The number of nitrogens with two attached hydrogens (primary N) is 1. The van der Waals surface area contributed by atoms with Crippen molar-refractivity contribution in [3.63, 3.8) is 0 Å². The summed E-state index contributed by atoms with van der Waals surface area (Å²) in [5.41, 5.74) is 2.29. The van der Waals surface area contributed by atoms with Crippen molar-refractivity contribution in [3.05, 3.63) is 12.0 Å². The fraction of sp³-hybridized carbons (Fsp3) is 0.600. The molecular weight excluding hydrogens is 209 g/mol. The molecule has 4 N–H and O–H groups in total. The lowest BCUT2D eigenvalue weighted by atomic mass is 10.0. The van der Waals surface area contributed by atoms with Crippen molar-refractivity contribution in [1.82, 2.24) is 9.97 Å². The molecule has 0 fully saturated rings. The first-order chi connectivity index (χ1) is 7.58. The van der Waals surface area contributed by atoms with Gasteiger partial charge < -0.3 is 5.32 Å². The Balaban J connectivity index is 2.86. The van der Waals surface area contributed by atoms with Crippen LogP contribution in [0.15, 0.2) is 6.20 Å². The van der Waals surface area contributed by atoms with Gasteiger partial charge in [-0.2, -0.15) is 4.98 Å². The first-order valence-electron chi connectivity index (χ1n) is 5.34. The minimum absolute atomic E-state index is 0.176. The van der Waals surface area contributed by atoms with Gasteiger partial charge in [0.15, 0.2) is 11.6 Å². The highest BCUT2D eigenvalue weighted by Gasteiger charge is 2.14. The highest BCUT2D eigenvalue weighted by molar-refractivity contribution is 5.41. The lowest BCUT2D eigenvalue weighted by molar-refractivity contribution is 0.504. The summed E-state index contributed by atoms with van der Waals surface area (Å²) in [5.74, 6) is 5.47. The Morgan fingerprint density at radius 1 is 1.50 bits per heavy atom. The Labute approximate surface area is 94.6 Å². The second-order valence-corrected chi connectivity index (χ2v) is 3.94. The first kappa shape index (κ1) is 12.6. The predicted molar refractivity (Wildman–Crippen MR) is 62.3 cm³/mol. The molecular formula is C10H18FN5. The molecule has 90 valence electrons. The molecule has 16 heavy (non-hydrogen) atoms. The summed E-state index contributed by atoms with van der Waals surface area (Å²) in [6.45, 7) is 6.18. The van der Waals surface area contributed by atoms with Gasteiger partial charge in [0, 0.05) is 6.04 Å². The average molecular weight is 227 g/mol. The molecule has 0 radical (unpaired) electrons. The molecule has 1 aromatic heterocycles. The van der Waals surface area contributed by atoms with E-state index in [1.165, 1.54) is 0 Å². The number of nitrogens with one attached hydrogen (secondary N) is 2. The molecule has 0 aliphatic carbocycles. The van der Waals surface area contributed by atoms with Crippen molar-refractivity contribution in [2.24, 2.45) is 11.8 Å². The third-order valence-electron chi connectivity index (χ3n) is 2.44. The number of nitrogen functional groups attached to an aromatic ring is 1. The monoisotopic (exact) mass is 227 g/mol. The molecule has 0 saturated carbocycles. The topological polar surface area (TPSA) is 75.9 Å². The largest absolute Gasteiger partial charge is 0.364 e. The minimum Gasteiger partial charge on any atom is -0.364 e. The molecule has 0 aliphatic heterocycles. The van der Waals surface area contributed by atoms with Crippen molar-refractivity contribution in [2.45, 2.75) is 33.2 Å². The molecule has 0 aromatic carbocycles. The van der Waals surface area contributed by atoms with E-state index in [4.69, 9.17) is 5.84 Å². The number of halogens is 1. The molecule has 1 unspecified atom stereocenters. The number of nitrogens with zero attached hydrogens (tertiary/aromatic N) is 2. The van der Waals surface area contributed by atoms with Crippen LogP contribution in [0.3, 0.4) is 0 Å². The van der Waals surface area contributed by atoms with Crippen LogP contribution in [-0.2, 0) is 0 Å². The second-order valence-electron chi connectivity index (χ2n) is 3.94. The van der Waals surface area contributed by atoms with Gasteiger partial charge in [0.05, 0.1) is 6.20 Å². The lowest BCUT2D eigenvalue weighted by Gasteiger charge is -2.21.